The zero-order valence-electron chi connectivity index (χ0n) is 16.5. The predicted octanol–water partition coefficient (Wildman–Crippen LogP) is 3.84. The molecule has 0 heterocycles. The van der Waals surface area contributed by atoms with Gasteiger partial charge in [0.25, 0.3) is 5.91 Å². The van der Waals surface area contributed by atoms with Crippen molar-refractivity contribution in [3.63, 3.8) is 0 Å². The van der Waals surface area contributed by atoms with Crippen LogP contribution in [-0.4, -0.2) is 20.4 Å². The average Bonchev–Trinajstić information content (AvgIpc) is 2.68. The molecule has 0 radical (unpaired) electrons. The van der Waals surface area contributed by atoms with Crippen molar-refractivity contribution in [1.29, 1.82) is 0 Å². The number of amides is 1. The molecular weight excluding hydrogens is 372 g/mol. The molecule has 6 heteroatoms. The summed E-state index contributed by atoms with van der Waals surface area (Å²) >= 11 is 0. The monoisotopic (exact) mass is 400 g/mol. The van der Waals surface area contributed by atoms with Crippen LogP contribution in [0.4, 0.5) is 0 Å². The second kappa shape index (κ2) is 8.88. The first-order valence-corrected chi connectivity index (χ1v) is 11.3. The Kier molecular flexibility index (Phi) is 6.52. The number of nitrogens with one attached hydrogen (secondary N) is 2. The Morgan fingerprint density at radius 2 is 1.68 bits per heavy atom. The molecule has 2 N–H and O–H groups in total. The highest BCUT2D eigenvalue weighted by atomic mass is 32.2. The smallest absolute Gasteiger partial charge is 0.251 e. The van der Waals surface area contributed by atoms with E-state index in [1.165, 1.54) is 6.07 Å². The van der Waals surface area contributed by atoms with Crippen molar-refractivity contribution in [2.75, 3.05) is 0 Å². The average molecular weight is 401 g/mol. The van der Waals surface area contributed by atoms with E-state index in [-0.39, 0.29) is 16.8 Å². The summed E-state index contributed by atoms with van der Waals surface area (Å²) in [6.45, 7) is 4.22. The molecule has 2 aromatic rings. The first-order valence-electron chi connectivity index (χ1n) is 9.82. The number of carbonyl (C=O) groups excluding carboxylic acids is 1. The van der Waals surface area contributed by atoms with Crippen LogP contribution in [0, 0.1) is 13.8 Å². The lowest BCUT2D eigenvalue weighted by molar-refractivity contribution is 0.0950. The molecule has 28 heavy (non-hydrogen) atoms. The second-order valence-corrected chi connectivity index (χ2v) is 9.32. The van der Waals surface area contributed by atoms with Crippen LogP contribution in [0.25, 0.3) is 0 Å². The van der Waals surface area contributed by atoms with Crippen molar-refractivity contribution in [3.8, 4) is 0 Å². The van der Waals surface area contributed by atoms with Crippen LogP contribution in [0.2, 0.25) is 0 Å². The minimum absolute atomic E-state index is 0.0149. The van der Waals surface area contributed by atoms with E-state index in [1.807, 2.05) is 38.1 Å². The van der Waals surface area contributed by atoms with Crippen molar-refractivity contribution in [3.05, 3.63) is 64.7 Å². The van der Waals surface area contributed by atoms with Gasteiger partial charge in [0.2, 0.25) is 10.0 Å². The molecule has 0 aromatic heterocycles. The maximum absolute atomic E-state index is 12.8. The van der Waals surface area contributed by atoms with Gasteiger partial charge >= 0.3 is 0 Å². The molecule has 1 fully saturated rings. The molecule has 5 nitrogen and oxygen atoms in total. The molecule has 1 aliphatic carbocycles. The molecule has 150 valence electrons. The zero-order chi connectivity index (χ0) is 20.1. The Morgan fingerprint density at radius 1 is 1.00 bits per heavy atom. The zero-order valence-corrected chi connectivity index (χ0v) is 17.3. The summed E-state index contributed by atoms with van der Waals surface area (Å²) in [6, 6.07) is 12.7. The van der Waals surface area contributed by atoms with E-state index in [0.29, 0.717) is 12.1 Å². The molecular formula is C22H28N2O3S. The largest absolute Gasteiger partial charge is 0.348 e. The van der Waals surface area contributed by atoms with Crippen LogP contribution in [0.15, 0.2) is 47.4 Å². The van der Waals surface area contributed by atoms with Crippen molar-refractivity contribution >= 4 is 15.9 Å². The lowest BCUT2D eigenvalue weighted by Gasteiger charge is -2.22. The third-order valence-electron chi connectivity index (χ3n) is 5.26. The van der Waals surface area contributed by atoms with Crippen LogP contribution in [0.5, 0.6) is 0 Å². The van der Waals surface area contributed by atoms with Gasteiger partial charge < -0.3 is 5.32 Å². The minimum atomic E-state index is -3.63. The van der Waals surface area contributed by atoms with Crippen LogP contribution < -0.4 is 10.0 Å². The Labute approximate surface area is 167 Å². The fourth-order valence-corrected chi connectivity index (χ4v) is 4.84. The Hall–Kier alpha value is -2.18. The fraction of sp³-hybridized carbons (Fsp3) is 0.409. The molecule has 0 bridgehead atoms. The first kappa shape index (κ1) is 20.6. The molecule has 1 amide bonds. The first-order chi connectivity index (χ1) is 13.3. The third-order valence-corrected chi connectivity index (χ3v) is 6.78. The number of benzene rings is 2. The molecule has 0 aliphatic heterocycles. The normalized spacial score (nSPS) is 15.4. The minimum Gasteiger partial charge on any atom is -0.348 e. The Morgan fingerprint density at radius 3 is 2.36 bits per heavy atom. The predicted molar refractivity (Wildman–Crippen MR) is 111 cm³/mol. The quantitative estimate of drug-likeness (QED) is 0.773. The molecule has 0 atom stereocenters. The number of hydrogen-bond acceptors (Lipinski definition) is 3. The SMILES string of the molecule is Cc1ccc(CNC(=O)c2cc(S(=O)(=O)NC3CCCCC3)ccc2C)cc1. The molecule has 0 spiro atoms. The number of carbonyl (C=O) groups is 1. The summed E-state index contributed by atoms with van der Waals surface area (Å²) < 4.78 is 28.3. The molecule has 2 aromatic carbocycles. The van der Waals surface area contributed by atoms with E-state index in [2.05, 4.69) is 10.0 Å². The van der Waals surface area contributed by atoms with Gasteiger partial charge in [-0.25, -0.2) is 13.1 Å². The van der Waals surface area contributed by atoms with Crippen LogP contribution in [0.1, 0.15) is 59.2 Å². The number of hydrogen-bond donors (Lipinski definition) is 2. The van der Waals surface area contributed by atoms with Gasteiger partial charge in [-0.15, -0.1) is 0 Å². The maximum Gasteiger partial charge on any atom is 0.251 e. The van der Waals surface area contributed by atoms with Gasteiger partial charge in [0, 0.05) is 18.2 Å². The van der Waals surface area contributed by atoms with Gasteiger partial charge in [-0.1, -0.05) is 55.2 Å². The topological polar surface area (TPSA) is 75.3 Å². The molecule has 1 saturated carbocycles. The summed E-state index contributed by atoms with van der Waals surface area (Å²) in [5.74, 6) is -0.271. The second-order valence-electron chi connectivity index (χ2n) is 7.60. The summed E-state index contributed by atoms with van der Waals surface area (Å²) in [5.41, 5.74) is 3.30. The van der Waals surface area contributed by atoms with E-state index in [1.54, 1.807) is 12.1 Å². The maximum atomic E-state index is 12.8. The van der Waals surface area contributed by atoms with Crippen LogP contribution in [0.3, 0.4) is 0 Å². The van der Waals surface area contributed by atoms with Gasteiger partial charge in [-0.3, -0.25) is 4.79 Å². The van der Waals surface area contributed by atoms with Gasteiger partial charge in [-0.2, -0.15) is 0 Å². The number of rotatable bonds is 6. The number of aryl methyl sites for hydroxylation is 2. The van der Waals surface area contributed by atoms with E-state index in [9.17, 15) is 13.2 Å². The highest BCUT2D eigenvalue weighted by Gasteiger charge is 2.23. The van der Waals surface area contributed by atoms with Gasteiger partial charge in [0.15, 0.2) is 0 Å². The van der Waals surface area contributed by atoms with Crippen molar-refractivity contribution < 1.29 is 13.2 Å². The molecule has 1 aliphatic rings. The summed E-state index contributed by atoms with van der Waals surface area (Å²) in [5, 5.41) is 2.88. The standard InChI is InChI=1S/C22H28N2O3S/c1-16-8-11-18(12-9-16)15-23-22(25)21-14-20(13-10-17(21)2)28(26,27)24-19-6-4-3-5-7-19/h8-14,19,24H,3-7,15H2,1-2H3,(H,23,25). The van der Waals surface area contributed by atoms with E-state index in [4.69, 9.17) is 0 Å². The molecule has 0 unspecified atom stereocenters. The fourth-order valence-electron chi connectivity index (χ4n) is 3.50. The summed E-state index contributed by atoms with van der Waals surface area (Å²) in [6.07, 6.45) is 5.00. The van der Waals surface area contributed by atoms with Crippen molar-refractivity contribution in [2.24, 2.45) is 0 Å². The summed E-state index contributed by atoms with van der Waals surface area (Å²) in [4.78, 5) is 12.8. The third kappa shape index (κ3) is 5.20. The Balaban J connectivity index is 1.72. The lowest BCUT2D eigenvalue weighted by atomic mass is 9.96. The van der Waals surface area contributed by atoms with E-state index >= 15 is 0 Å². The van der Waals surface area contributed by atoms with Crippen LogP contribution >= 0.6 is 0 Å². The molecule has 3 rings (SSSR count). The van der Waals surface area contributed by atoms with Gasteiger partial charge in [-0.05, 0) is 49.9 Å². The lowest BCUT2D eigenvalue weighted by Crippen LogP contribution is -2.36. The number of sulfonamides is 1. The van der Waals surface area contributed by atoms with Crippen LogP contribution in [-0.2, 0) is 16.6 Å². The van der Waals surface area contributed by atoms with E-state index in [0.717, 1.165) is 48.8 Å². The van der Waals surface area contributed by atoms with Gasteiger partial charge in [0.1, 0.15) is 0 Å². The molecule has 0 saturated heterocycles. The van der Waals surface area contributed by atoms with Crippen molar-refractivity contribution in [2.45, 2.75) is 63.4 Å². The summed E-state index contributed by atoms with van der Waals surface area (Å²) in [7, 11) is -3.63. The van der Waals surface area contributed by atoms with Crippen molar-refractivity contribution in [1.82, 2.24) is 10.0 Å². The van der Waals surface area contributed by atoms with E-state index < -0.39 is 10.0 Å². The van der Waals surface area contributed by atoms with Gasteiger partial charge in [0.05, 0.1) is 4.90 Å². The highest BCUT2D eigenvalue weighted by molar-refractivity contribution is 7.89. The Bertz CT molecular complexity index is 931. The highest BCUT2D eigenvalue weighted by Crippen LogP contribution is 2.21.